The lowest BCUT2D eigenvalue weighted by molar-refractivity contribution is -0.127. The molecule has 0 radical (unpaired) electrons. The molecular weight excluding hydrogens is 260 g/mol. The Morgan fingerprint density at radius 3 is 2.45 bits per heavy atom. The summed E-state index contributed by atoms with van der Waals surface area (Å²) in [5, 5.41) is 5.57. The van der Waals surface area contributed by atoms with E-state index in [2.05, 4.69) is 10.6 Å². The minimum absolute atomic E-state index is 0.0277. The van der Waals surface area contributed by atoms with E-state index in [1.165, 1.54) is 6.42 Å². The van der Waals surface area contributed by atoms with Crippen molar-refractivity contribution in [3.8, 4) is 0 Å². The Balaban J connectivity index is 1.97. The molecule has 0 saturated heterocycles. The van der Waals surface area contributed by atoms with Crippen molar-refractivity contribution in [1.29, 1.82) is 0 Å². The molecule has 0 aromatic rings. The van der Waals surface area contributed by atoms with Crippen LogP contribution < -0.4 is 10.6 Å². The average molecular weight is 286 g/mol. The van der Waals surface area contributed by atoms with Crippen molar-refractivity contribution in [2.45, 2.75) is 32.1 Å². The van der Waals surface area contributed by atoms with Gasteiger partial charge in [0.05, 0.1) is 13.2 Å². The number of hydrogen-bond donors (Lipinski definition) is 2. The van der Waals surface area contributed by atoms with E-state index in [1.807, 2.05) is 0 Å². The summed E-state index contributed by atoms with van der Waals surface area (Å²) in [5.74, 6) is 0.111. The second-order valence-electron chi connectivity index (χ2n) is 5.02. The summed E-state index contributed by atoms with van der Waals surface area (Å²) in [6, 6.07) is 0. The van der Waals surface area contributed by atoms with E-state index in [0.717, 1.165) is 25.7 Å². The molecule has 1 rings (SSSR count). The van der Waals surface area contributed by atoms with Crippen LogP contribution in [-0.2, 0) is 19.1 Å². The van der Waals surface area contributed by atoms with Gasteiger partial charge in [-0.3, -0.25) is 9.59 Å². The third-order valence-electron chi connectivity index (χ3n) is 3.39. The molecule has 0 unspecified atom stereocenters. The zero-order chi connectivity index (χ0) is 14.6. The summed E-state index contributed by atoms with van der Waals surface area (Å²) in [4.78, 5) is 23.2. The van der Waals surface area contributed by atoms with Crippen LogP contribution in [0, 0.1) is 5.92 Å². The summed E-state index contributed by atoms with van der Waals surface area (Å²) in [6.45, 7) is 1.82. The van der Waals surface area contributed by atoms with Crippen molar-refractivity contribution >= 4 is 11.8 Å². The average Bonchev–Trinajstić information content (AvgIpc) is 2.49. The number of methoxy groups -OCH3 is 1. The lowest BCUT2D eigenvalue weighted by Crippen LogP contribution is -2.39. The number of carbonyl (C=O) groups is 2. The van der Waals surface area contributed by atoms with E-state index in [1.54, 1.807) is 7.11 Å². The zero-order valence-corrected chi connectivity index (χ0v) is 12.3. The molecule has 1 fully saturated rings. The predicted octanol–water partition coefficient (Wildman–Crippen LogP) is 0.462. The number of carbonyl (C=O) groups excluding carboxylic acids is 2. The Bertz CT molecular complexity index is 291. The summed E-state index contributed by atoms with van der Waals surface area (Å²) in [6.07, 6.45) is 5.52. The number of ether oxygens (including phenoxy) is 2. The molecule has 2 amide bonds. The maximum Gasteiger partial charge on any atom is 0.246 e. The monoisotopic (exact) mass is 286 g/mol. The molecule has 1 aliphatic carbocycles. The van der Waals surface area contributed by atoms with Crippen molar-refractivity contribution in [1.82, 2.24) is 10.6 Å². The maximum absolute atomic E-state index is 11.8. The standard InChI is InChI=1S/C14H26N2O4/c1-19-9-10-20-11-13(17)15-7-8-16-14(18)12-5-3-2-4-6-12/h12H,2-11H2,1H3,(H,15,17)(H,16,18). The first kappa shape index (κ1) is 16.9. The van der Waals surface area contributed by atoms with Crippen LogP contribution in [0.2, 0.25) is 0 Å². The molecule has 0 aromatic carbocycles. The number of nitrogens with one attached hydrogen (secondary N) is 2. The van der Waals surface area contributed by atoms with E-state index < -0.39 is 0 Å². The van der Waals surface area contributed by atoms with Gasteiger partial charge in [-0.2, -0.15) is 0 Å². The van der Waals surface area contributed by atoms with Crippen LogP contribution in [0.3, 0.4) is 0 Å². The summed E-state index contributed by atoms with van der Waals surface area (Å²) >= 11 is 0. The first-order valence-electron chi connectivity index (χ1n) is 7.35. The molecule has 1 saturated carbocycles. The van der Waals surface area contributed by atoms with Crippen LogP contribution in [0.15, 0.2) is 0 Å². The smallest absolute Gasteiger partial charge is 0.246 e. The van der Waals surface area contributed by atoms with Crippen LogP contribution in [0.4, 0.5) is 0 Å². The molecule has 116 valence electrons. The van der Waals surface area contributed by atoms with Gasteiger partial charge in [-0.25, -0.2) is 0 Å². The quantitative estimate of drug-likeness (QED) is 0.604. The molecule has 0 heterocycles. The van der Waals surface area contributed by atoms with E-state index in [4.69, 9.17) is 9.47 Å². The minimum Gasteiger partial charge on any atom is -0.382 e. The highest BCUT2D eigenvalue weighted by molar-refractivity contribution is 5.79. The largest absolute Gasteiger partial charge is 0.382 e. The molecule has 6 heteroatoms. The van der Waals surface area contributed by atoms with Gasteiger partial charge in [-0.1, -0.05) is 19.3 Å². The highest BCUT2D eigenvalue weighted by Gasteiger charge is 2.20. The summed E-state index contributed by atoms with van der Waals surface area (Å²) in [5.41, 5.74) is 0. The molecule has 20 heavy (non-hydrogen) atoms. The fraction of sp³-hybridized carbons (Fsp3) is 0.857. The van der Waals surface area contributed by atoms with E-state index in [-0.39, 0.29) is 24.3 Å². The van der Waals surface area contributed by atoms with Crippen LogP contribution in [0.25, 0.3) is 0 Å². The fourth-order valence-corrected chi connectivity index (χ4v) is 2.25. The maximum atomic E-state index is 11.8. The van der Waals surface area contributed by atoms with Gasteiger partial charge in [0.1, 0.15) is 6.61 Å². The van der Waals surface area contributed by atoms with Gasteiger partial charge >= 0.3 is 0 Å². The van der Waals surface area contributed by atoms with Crippen LogP contribution in [-0.4, -0.2) is 51.8 Å². The lowest BCUT2D eigenvalue weighted by atomic mass is 9.89. The van der Waals surface area contributed by atoms with Gasteiger partial charge in [0, 0.05) is 26.1 Å². The molecule has 1 aliphatic rings. The Labute approximate surface area is 120 Å². The van der Waals surface area contributed by atoms with Crippen molar-refractivity contribution in [3.63, 3.8) is 0 Å². The van der Waals surface area contributed by atoms with Crippen molar-refractivity contribution < 1.29 is 19.1 Å². The molecule has 2 N–H and O–H groups in total. The van der Waals surface area contributed by atoms with Gasteiger partial charge in [0.2, 0.25) is 11.8 Å². The summed E-state index contributed by atoms with van der Waals surface area (Å²) < 4.78 is 9.89. The number of rotatable bonds is 9. The third kappa shape index (κ3) is 7.45. The van der Waals surface area contributed by atoms with E-state index in [0.29, 0.717) is 26.3 Å². The van der Waals surface area contributed by atoms with Crippen molar-refractivity contribution in [2.24, 2.45) is 5.92 Å². The summed E-state index contributed by atoms with van der Waals surface area (Å²) in [7, 11) is 1.58. The molecule has 0 bridgehead atoms. The van der Waals surface area contributed by atoms with Gasteiger partial charge in [0.15, 0.2) is 0 Å². The normalized spacial score (nSPS) is 15.8. The molecule has 6 nitrogen and oxygen atoms in total. The molecule has 0 aliphatic heterocycles. The van der Waals surface area contributed by atoms with E-state index in [9.17, 15) is 9.59 Å². The number of amides is 2. The Morgan fingerprint density at radius 1 is 1.05 bits per heavy atom. The van der Waals surface area contributed by atoms with Crippen LogP contribution in [0.5, 0.6) is 0 Å². The van der Waals surface area contributed by atoms with Crippen molar-refractivity contribution in [2.75, 3.05) is 40.0 Å². The van der Waals surface area contributed by atoms with Gasteiger partial charge in [-0.15, -0.1) is 0 Å². The highest BCUT2D eigenvalue weighted by Crippen LogP contribution is 2.23. The third-order valence-corrected chi connectivity index (χ3v) is 3.39. The predicted molar refractivity (Wildman–Crippen MR) is 75.3 cm³/mol. The minimum atomic E-state index is -0.173. The highest BCUT2D eigenvalue weighted by atomic mass is 16.5. The first-order chi connectivity index (χ1) is 9.74. The van der Waals surface area contributed by atoms with Gasteiger partial charge in [-0.05, 0) is 12.8 Å². The fourth-order valence-electron chi connectivity index (χ4n) is 2.25. The second-order valence-corrected chi connectivity index (χ2v) is 5.02. The Hall–Kier alpha value is -1.14. The second kappa shape index (κ2) is 10.6. The first-order valence-corrected chi connectivity index (χ1v) is 7.35. The molecule has 0 aromatic heterocycles. The molecule has 0 spiro atoms. The Kier molecular flexibility index (Phi) is 8.98. The van der Waals surface area contributed by atoms with Crippen LogP contribution >= 0.6 is 0 Å². The van der Waals surface area contributed by atoms with Gasteiger partial charge in [0.25, 0.3) is 0 Å². The van der Waals surface area contributed by atoms with Gasteiger partial charge < -0.3 is 20.1 Å². The van der Waals surface area contributed by atoms with E-state index >= 15 is 0 Å². The topological polar surface area (TPSA) is 76.7 Å². The lowest BCUT2D eigenvalue weighted by Gasteiger charge is -2.20. The molecule has 0 atom stereocenters. The number of hydrogen-bond acceptors (Lipinski definition) is 4. The van der Waals surface area contributed by atoms with Crippen molar-refractivity contribution in [3.05, 3.63) is 0 Å². The SMILES string of the molecule is COCCOCC(=O)NCCNC(=O)C1CCCCC1. The zero-order valence-electron chi connectivity index (χ0n) is 12.3. The Morgan fingerprint density at radius 2 is 1.75 bits per heavy atom. The molecular formula is C14H26N2O4. The van der Waals surface area contributed by atoms with Crippen LogP contribution in [0.1, 0.15) is 32.1 Å².